The molecular formula is C23H27N7O2S. The Balaban J connectivity index is 0.00000126. The predicted octanol–water partition coefficient (Wildman–Crippen LogP) is 4.15. The van der Waals surface area contributed by atoms with Gasteiger partial charge in [-0.3, -0.25) is 14.5 Å². The molecular weight excluding hydrogens is 438 g/mol. The smallest absolute Gasteiger partial charge is 0.261 e. The molecule has 1 atom stereocenters. The molecule has 0 bridgehead atoms. The molecule has 33 heavy (non-hydrogen) atoms. The zero-order chi connectivity index (χ0) is 23.4. The van der Waals surface area contributed by atoms with Gasteiger partial charge in [-0.25, -0.2) is 15.0 Å². The maximum Gasteiger partial charge on any atom is 0.261 e. The minimum Gasteiger partial charge on any atom is -0.496 e. The van der Waals surface area contributed by atoms with Crippen molar-refractivity contribution in [1.82, 2.24) is 24.7 Å². The van der Waals surface area contributed by atoms with Crippen LogP contribution in [-0.2, 0) is 0 Å². The summed E-state index contributed by atoms with van der Waals surface area (Å²) in [6.45, 7) is 4.96. The molecule has 0 spiro atoms. The van der Waals surface area contributed by atoms with Crippen LogP contribution in [0.15, 0.2) is 42.2 Å². The summed E-state index contributed by atoms with van der Waals surface area (Å²) in [5.41, 5.74) is 8.90. The number of ether oxygens (including phenoxy) is 1. The van der Waals surface area contributed by atoms with Gasteiger partial charge in [0.1, 0.15) is 28.6 Å². The number of rotatable bonds is 5. The van der Waals surface area contributed by atoms with Gasteiger partial charge in [0.2, 0.25) is 0 Å². The fourth-order valence-electron chi connectivity index (χ4n) is 3.91. The van der Waals surface area contributed by atoms with E-state index in [1.165, 1.54) is 18.4 Å². The third-order valence-corrected chi connectivity index (χ3v) is 6.04. The van der Waals surface area contributed by atoms with Crippen LogP contribution < -0.4 is 21.1 Å². The van der Waals surface area contributed by atoms with Crippen LogP contribution in [0.5, 0.6) is 5.75 Å². The molecule has 1 amide bonds. The standard InChI is InChI=1S/C21H21N7O2S.C2H6/c1-30-15-11-12(4-5-13(15)20(29)27-21-25-8-10-31-21)16-17-18(22)24-7-9-28(17)19(26-16)14-3-2-6-23-14;1-2/h4-5,7-11,14,23H,2-3,6H2,1H3,(H2,22,24)(H,25,27,29);1-2H3. The molecule has 9 nitrogen and oxygen atoms in total. The van der Waals surface area contributed by atoms with Gasteiger partial charge in [0.25, 0.3) is 5.91 Å². The van der Waals surface area contributed by atoms with Crippen molar-refractivity contribution in [3.8, 4) is 17.0 Å². The van der Waals surface area contributed by atoms with Gasteiger partial charge in [-0.15, -0.1) is 11.3 Å². The number of anilines is 2. The lowest BCUT2D eigenvalue weighted by Gasteiger charge is -2.10. The summed E-state index contributed by atoms with van der Waals surface area (Å²) in [7, 11) is 1.54. The highest BCUT2D eigenvalue weighted by atomic mass is 32.1. The first-order valence-electron chi connectivity index (χ1n) is 10.9. The number of benzene rings is 1. The van der Waals surface area contributed by atoms with E-state index in [1.54, 1.807) is 29.9 Å². The summed E-state index contributed by atoms with van der Waals surface area (Å²) in [5, 5.41) is 8.60. The molecule has 1 aliphatic heterocycles. The Kier molecular flexibility index (Phi) is 6.85. The molecule has 1 aromatic carbocycles. The second-order valence-corrected chi connectivity index (χ2v) is 8.10. The number of thiazole rings is 1. The van der Waals surface area contributed by atoms with Gasteiger partial charge in [-0.2, -0.15) is 0 Å². The number of fused-ring (bicyclic) bond motifs is 1. The summed E-state index contributed by atoms with van der Waals surface area (Å²) >= 11 is 1.35. The number of nitrogens with one attached hydrogen (secondary N) is 2. The quantitative estimate of drug-likeness (QED) is 0.405. The maximum absolute atomic E-state index is 12.7. The first-order chi connectivity index (χ1) is 16.2. The number of nitrogens with zero attached hydrogens (tertiary/aromatic N) is 4. The van der Waals surface area contributed by atoms with Crippen LogP contribution in [0.2, 0.25) is 0 Å². The summed E-state index contributed by atoms with van der Waals surface area (Å²) in [6, 6.07) is 5.54. The molecule has 4 aromatic rings. The number of methoxy groups -OCH3 is 1. The monoisotopic (exact) mass is 465 g/mol. The highest BCUT2D eigenvalue weighted by Gasteiger charge is 2.25. The first kappa shape index (κ1) is 22.7. The fraction of sp³-hybridized carbons (Fsp3) is 0.304. The molecule has 3 aromatic heterocycles. The molecule has 1 fully saturated rings. The Labute approximate surface area is 196 Å². The summed E-state index contributed by atoms with van der Waals surface area (Å²) in [5.74, 6) is 1.46. The summed E-state index contributed by atoms with van der Waals surface area (Å²) in [4.78, 5) is 26.0. The van der Waals surface area contributed by atoms with Gasteiger partial charge in [0.05, 0.1) is 18.7 Å². The van der Waals surface area contributed by atoms with Crippen LogP contribution in [0.3, 0.4) is 0 Å². The lowest BCUT2D eigenvalue weighted by molar-refractivity contribution is 0.102. The number of carbonyl (C=O) groups is 1. The molecule has 1 saturated heterocycles. The van der Waals surface area contributed by atoms with Gasteiger partial charge < -0.3 is 15.8 Å². The minimum absolute atomic E-state index is 0.160. The normalized spacial score (nSPS) is 15.2. The third-order valence-electron chi connectivity index (χ3n) is 5.35. The van der Waals surface area contributed by atoms with Crippen molar-refractivity contribution >= 4 is 33.7 Å². The Morgan fingerprint density at radius 1 is 1.30 bits per heavy atom. The highest BCUT2D eigenvalue weighted by molar-refractivity contribution is 7.13. The van der Waals surface area contributed by atoms with E-state index in [1.807, 2.05) is 30.5 Å². The zero-order valence-electron chi connectivity index (χ0n) is 18.8. The number of carbonyl (C=O) groups excluding carboxylic acids is 1. The van der Waals surface area contributed by atoms with E-state index in [2.05, 4.69) is 20.6 Å². The van der Waals surface area contributed by atoms with Crippen LogP contribution in [0.4, 0.5) is 10.9 Å². The molecule has 1 aliphatic rings. The molecule has 10 heteroatoms. The molecule has 4 heterocycles. The van der Waals surface area contributed by atoms with E-state index in [0.29, 0.717) is 28.0 Å². The van der Waals surface area contributed by atoms with E-state index in [0.717, 1.165) is 36.3 Å². The molecule has 0 radical (unpaired) electrons. The molecule has 0 saturated carbocycles. The number of hydrogen-bond donors (Lipinski definition) is 3. The van der Waals surface area contributed by atoms with E-state index >= 15 is 0 Å². The summed E-state index contributed by atoms with van der Waals surface area (Å²) in [6.07, 6.45) is 7.31. The molecule has 0 aliphatic carbocycles. The number of aromatic nitrogens is 4. The fourth-order valence-corrected chi connectivity index (χ4v) is 4.44. The summed E-state index contributed by atoms with van der Waals surface area (Å²) < 4.78 is 7.52. The van der Waals surface area contributed by atoms with E-state index < -0.39 is 0 Å². The van der Waals surface area contributed by atoms with Crippen molar-refractivity contribution in [1.29, 1.82) is 0 Å². The number of nitrogens with two attached hydrogens (primary N) is 1. The second-order valence-electron chi connectivity index (χ2n) is 7.21. The Morgan fingerprint density at radius 3 is 2.85 bits per heavy atom. The number of nitrogen functional groups attached to an aromatic ring is 1. The van der Waals surface area contributed by atoms with Crippen LogP contribution in [0.25, 0.3) is 16.8 Å². The molecule has 1 unspecified atom stereocenters. The molecule has 5 rings (SSSR count). The van der Waals surface area contributed by atoms with Crippen molar-refractivity contribution < 1.29 is 9.53 Å². The molecule has 172 valence electrons. The van der Waals surface area contributed by atoms with Crippen LogP contribution in [-0.4, -0.2) is 38.9 Å². The van der Waals surface area contributed by atoms with Crippen molar-refractivity contribution in [2.24, 2.45) is 0 Å². The Bertz CT molecular complexity index is 1250. The number of amides is 1. The molecule has 4 N–H and O–H groups in total. The van der Waals surface area contributed by atoms with Crippen molar-refractivity contribution in [2.75, 3.05) is 24.7 Å². The average molecular weight is 466 g/mol. The maximum atomic E-state index is 12.7. The van der Waals surface area contributed by atoms with Crippen molar-refractivity contribution in [3.63, 3.8) is 0 Å². The first-order valence-corrected chi connectivity index (χ1v) is 11.8. The SMILES string of the molecule is CC.COc1cc(-c2nc(C3CCCN3)n3ccnc(N)c23)ccc1C(=O)Nc1nccs1. The second kappa shape index (κ2) is 9.97. The van der Waals surface area contributed by atoms with Gasteiger partial charge in [0, 0.05) is 29.5 Å². The Hall–Kier alpha value is -3.50. The average Bonchev–Trinajstić information content (AvgIpc) is 3.61. The topological polar surface area (TPSA) is 119 Å². The number of hydrogen-bond acceptors (Lipinski definition) is 8. The highest BCUT2D eigenvalue weighted by Crippen LogP contribution is 2.35. The van der Waals surface area contributed by atoms with E-state index in [-0.39, 0.29) is 11.9 Å². The van der Waals surface area contributed by atoms with Crippen LogP contribution in [0, 0.1) is 0 Å². The lowest BCUT2D eigenvalue weighted by Crippen LogP contribution is -2.16. The zero-order valence-corrected chi connectivity index (χ0v) is 19.6. The van der Waals surface area contributed by atoms with Crippen molar-refractivity contribution in [2.45, 2.75) is 32.7 Å². The van der Waals surface area contributed by atoms with Gasteiger partial charge in [0.15, 0.2) is 5.13 Å². The third kappa shape index (κ3) is 4.39. The van der Waals surface area contributed by atoms with Gasteiger partial charge in [-0.05, 0) is 31.5 Å². The van der Waals surface area contributed by atoms with Crippen LogP contribution in [0.1, 0.15) is 48.9 Å². The largest absolute Gasteiger partial charge is 0.496 e. The Morgan fingerprint density at radius 2 is 2.15 bits per heavy atom. The van der Waals surface area contributed by atoms with E-state index in [9.17, 15) is 4.79 Å². The van der Waals surface area contributed by atoms with Crippen LogP contribution >= 0.6 is 11.3 Å². The minimum atomic E-state index is -0.287. The number of imidazole rings is 1. The van der Waals surface area contributed by atoms with E-state index in [4.69, 9.17) is 15.5 Å². The van der Waals surface area contributed by atoms with Gasteiger partial charge >= 0.3 is 0 Å². The lowest BCUT2D eigenvalue weighted by atomic mass is 10.1. The predicted molar refractivity (Wildman–Crippen MR) is 131 cm³/mol. The van der Waals surface area contributed by atoms with Crippen molar-refractivity contribution in [3.05, 3.63) is 53.6 Å². The van der Waals surface area contributed by atoms with Gasteiger partial charge in [-0.1, -0.05) is 19.9 Å².